The average molecular weight is 520 g/mol. The summed E-state index contributed by atoms with van der Waals surface area (Å²) in [6.45, 7) is 4.44. The number of guanidine groups is 1. The second-order valence-electron chi connectivity index (χ2n) is 6.27. The van der Waals surface area contributed by atoms with Crippen molar-refractivity contribution in [3.63, 3.8) is 0 Å². The minimum Gasteiger partial charge on any atom is -0.505 e. The molecule has 0 amide bonds. The first-order valence-electron chi connectivity index (χ1n) is 8.94. The Hall–Kier alpha value is -1.43. The summed E-state index contributed by atoms with van der Waals surface area (Å²) in [5.74, 6) is -0.314. The molecule has 3 rings (SSSR count). The van der Waals surface area contributed by atoms with Gasteiger partial charge in [-0.1, -0.05) is 12.1 Å². The van der Waals surface area contributed by atoms with Gasteiger partial charge < -0.3 is 20.5 Å². The van der Waals surface area contributed by atoms with E-state index in [9.17, 15) is 9.50 Å². The molecule has 1 atom stereocenters. The molecule has 28 heavy (non-hydrogen) atoms. The van der Waals surface area contributed by atoms with E-state index in [-0.39, 0.29) is 35.8 Å². The fourth-order valence-corrected chi connectivity index (χ4v) is 3.90. The van der Waals surface area contributed by atoms with Crippen molar-refractivity contribution in [1.82, 2.24) is 15.5 Å². The third kappa shape index (κ3) is 6.29. The third-order valence-electron chi connectivity index (χ3n) is 4.52. The molecular formula is C19H26FIN4O2S. The number of phenols is 1. The van der Waals surface area contributed by atoms with Crippen molar-refractivity contribution in [2.45, 2.75) is 12.6 Å². The lowest BCUT2D eigenvalue weighted by Gasteiger charge is -2.34. The molecule has 0 radical (unpaired) electrons. The Morgan fingerprint density at radius 1 is 1.32 bits per heavy atom. The van der Waals surface area contributed by atoms with E-state index in [1.807, 2.05) is 0 Å². The van der Waals surface area contributed by atoms with Crippen molar-refractivity contribution in [3.8, 4) is 5.75 Å². The predicted molar refractivity (Wildman–Crippen MR) is 121 cm³/mol. The lowest BCUT2D eigenvalue weighted by Crippen LogP contribution is -2.46. The lowest BCUT2D eigenvalue weighted by molar-refractivity contribution is 0.0177. The van der Waals surface area contributed by atoms with Crippen molar-refractivity contribution < 1.29 is 14.2 Å². The highest BCUT2D eigenvalue weighted by atomic mass is 127. The van der Waals surface area contributed by atoms with Crippen LogP contribution in [0.25, 0.3) is 0 Å². The number of rotatable bonds is 6. The summed E-state index contributed by atoms with van der Waals surface area (Å²) in [7, 11) is 1.71. The largest absolute Gasteiger partial charge is 0.505 e. The highest BCUT2D eigenvalue weighted by molar-refractivity contribution is 14.0. The van der Waals surface area contributed by atoms with Crippen LogP contribution in [-0.2, 0) is 11.3 Å². The fraction of sp³-hybridized carbons (Fsp3) is 0.421. The maximum atomic E-state index is 13.5. The van der Waals surface area contributed by atoms with Crippen LogP contribution in [0.5, 0.6) is 5.75 Å². The molecule has 3 N–H and O–H groups in total. The van der Waals surface area contributed by atoms with Gasteiger partial charge in [0.25, 0.3) is 0 Å². The van der Waals surface area contributed by atoms with Crippen molar-refractivity contribution in [1.29, 1.82) is 0 Å². The van der Waals surface area contributed by atoms with Crippen molar-refractivity contribution in [3.05, 3.63) is 52.0 Å². The summed E-state index contributed by atoms with van der Waals surface area (Å²) in [4.78, 5) is 7.98. The molecule has 0 aliphatic carbocycles. The van der Waals surface area contributed by atoms with E-state index in [0.717, 1.165) is 31.9 Å². The number of nitrogens with zero attached hydrogens (tertiary/aromatic N) is 2. The number of morpholine rings is 1. The van der Waals surface area contributed by atoms with E-state index in [2.05, 4.69) is 38.0 Å². The summed E-state index contributed by atoms with van der Waals surface area (Å²) in [6, 6.07) is 8.83. The predicted octanol–water partition coefficient (Wildman–Crippen LogP) is 2.95. The number of phenolic OH excluding ortho intramolecular Hbond substituents is 1. The zero-order chi connectivity index (χ0) is 19.1. The molecule has 2 aromatic rings. The Kier molecular flexibility index (Phi) is 9.42. The minimum atomic E-state index is -0.623. The van der Waals surface area contributed by atoms with Crippen LogP contribution in [-0.4, -0.2) is 55.9 Å². The van der Waals surface area contributed by atoms with Gasteiger partial charge in [0.1, 0.15) is 0 Å². The molecule has 1 aliphatic heterocycles. The molecule has 2 heterocycles. The molecular weight excluding hydrogens is 494 g/mol. The Bertz CT molecular complexity index is 754. The number of hydrogen-bond acceptors (Lipinski definition) is 5. The molecule has 0 bridgehead atoms. The molecule has 6 nitrogen and oxygen atoms in total. The van der Waals surface area contributed by atoms with Crippen LogP contribution in [0.15, 0.2) is 40.7 Å². The number of aliphatic imine (C=N–C) groups is 1. The average Bonchev–Trinajstić information content (AvgIpc) is 3.22. The van der Waals surface area contributed by atoms with Crippen LogP contribution in [0.1, 0.15) is 16.5 Å². The molecule has 1 saturated heterocycles. The molecule has 0 saturated carbocycles. The fourth-order valence-electron chi connectivity index (χ4n) is 3.04. The smallest absolute Gasteiger partial charge is 0.191 e. The SMILES string of the molecule is CN=C(NCc1ccc(O)c(F)c1)NCC(c1cccs1)N1CCOCC1.I. The van der Waals surface area contributed by atoms with E-state index in [4.69, 9.17) is 4.74 Å². The lowest BCUT2D eigenvalue weighted by atomic mass is 10.2. The van der Waals surface area contributed by atoms with E-state index < -0.39 is 5.82 Å². The van der Waals surface area contributed by atoms with Crippen LogP contribution < -0.4 is 10.6 Å². The van der Waals surface area contributed by atoms with Crippen molar-refractivity contribution >= 4 is 41.3 Å². The second-order valence-corrected chi connectivity index (χ2v) is 7.25. The number of nitrogens with one attached hydrogen (secondary N) is 2. The molecule has 9 heteroatoms. The zero-order valence-electron chi connectivity index (χ0n) is 15.7. The standard InChI is InChI=1S/C19H25FN4O2S.HI/c1-21-19(22-12-14-4-5-17(25)15(20)11-14)23-13-16(18-3-2-10-27-18)24-6-8-26-9-7-24;/h2-5,10-11,16,25H,6-9,12-13H2,1H3,(H2,21,22,23);1H. The van der Waals surface area contributed by atoms with Crippen LogP contribution >= 0.6 is 35.3 Å². The van der Waals surface area contributed by atoms with Gasteiger partial charge in [0.15, 0.2) is 17.5 Å². The van der Waals surface area contributed by atoms with Crippen LogP contribution in [0.3, 0.4) is 0 Å². The molecule has 1 fully saturated rings. The molecule has 1 aromatic heterocycles. The van der Waals surface area contributed by atoms with Gasteiger partial charge in [-0.05, 0) is 29.1 Å². The second kappa shape index (κ2) is 11.5. The summed E-state index contributed by atoms with van der Waals surface area (Å²) in [6.07, 6.45) is 0. The van der Waals surface area contributed by atoms with Gasteiger partial charge in [-0.3, -0.25) is 9.89 Å². The molecule has 1 unspecified atom stereocenters. The summed E-state index contributed by atoms with van der Waals surface area (Å²) < 4.78 is 18.9. The van der Waals surface area contributed by atoms with Gasteiger partial charge >= 0.3 is 0 Å². The quantitative estimate of drug-likeness (QED) is 0.311. The Balaban J connectivity index is 0.00000280. The first-order chi connectivity index (χ1) is 13.2. The van der Waals surface area contributed by atoms with Crippen LogP contribution in [0.2, 0.25) is 0 Å². The summed E-state index contributed by atoms with van der Waals surface area (Å²) in [5, 5.41) is 17.9. The van der Waals surface area contributed by atoms with Crippen molar-refractivity contribution in [2.75, 3.05) is 39.9 Å². The third-order valence-corrected chi connectivity index (χ3v) is 5.49. The Labute approximate surface area is 185 Å². The first kappa shape index (κ1) is 22.9. The zero-order valence-corrected chi connectivity index (χ0v) is 18.9. The molecule has 1 aliphatic rings. The monoisotopic (exact) mass is 520 g/mol. The maximum absolute atomic E-state index is 13.5. The number of thiophene rings is 1. The number of halogens is 2. The van der Waals surface area contributed by atoms with Gasteiger partial charge in [-0.25, -0.2) is 4.39 Å². The Morgan fingerprint density at radius 2 is 2.11 bits per heavy atom. The highest BCUT2D eigenvalue weighted by Gasteiger charge is 2.23. The topological polar surface area (TPSA) is 69.1 Å². The van der Waals surface area contributed by atoms with E-state index in [1.165, 1.54) is 17.0 Å². The van der Waals surface area contributed by atoms with Crippen LogP contribution in [0, 0.1) is 5.82 Å². The van der Waals surface area contributed by atoms with E-state index in [0.29, 0.717) is 19.0 Å². The van der Waals surface area contributed by atoms with Gasteiger partial charge in [-0.15, -0.1) is 35.3 Å². The summed E-state index contributed by atoms with van der Waals surface area (Å²) in [5.41, 5.74) is 0.733. The first-order valence-corrected chi connectivity index (χ1v) is 9.82. The molecule has 0 spiro atoms. The summed E-state index contributed by atoms with van der Waals surface area (Å²) >= 11 is 1.75. The van der Waals surface area contributed by atoms with E-state index in [1.54, 1.807) is 24.5 Å². The van der Waals surface area contributed by atoms with Gasteiger partial charge in [-0.2, -0.15) is 0 Å². The van der Waals surface area contributed by atoms with Gasteiger partial charge in [0.2, 0.25) is 0 Å². The number of ether oxygens (including phenoxy) is 1. The normalized spacial score (nSPS) is 16.3. The number of aromatic hydroxyl groups is 1. The minimum absolute atomic E-state index is 0. The number of hydrogen-bond donors (Lipinski definition) is 3. The van der Waals surface area contributed by atoms with Crippen LogP contribution in [0.4, 0.5) is 4.39 Å². The highest BCUT2D eigenvalue weighted by Crippen LogP contribution is 2.25. The molecule has 1 aromatic carbocycles. The Morgan fingerprint density at radius 3 is 2.75 bits per heavy atom. The molecule has 154 valence electrons. The maximum Gasteiger partial charge on any atom is 0.191 e. The van der Waals surface area contributed by atoms with E-state index >= 15 is 0 Å². The van der Waals surface area contributed by atoms with Gasteiger partial charge in [0.05, 0.1) is 19.3 Å². The van der Waals surface area contributed by atoms with Crippen molar-refractivity contribution in [2.24, 2.45) is 4.99 Å². The number of benzene rings is 1. The van der Waals surface area contributed by atoms with Gasteiger partial charge in [0, 0.05) is 38.1 Å².